The number of aromatic nitrogens is 2. The first-order valence-corrected chi connectivity index (χ1v) is 8.53. The van der Waals surface area contributed by atoms with Crippen molar-refractivity contribution < 1.29 is 18.7 Å². The molecule has 0 saturated heterocycles. The quantitative estimate of drug-likeness (QED) is 0.674. The molecule has 3 aromatic rings. The Labute approximate surface area is 152 Å². The Morgan fingerprint density at radius 3 is 2.65 bits per heavy atom. The highest BCUT2D eigenvalue weighted by Gasteiger charge is 2.19. The zero-order valence-corrected chi connectivity index (χ0v) is 14.3. The Bertz CT molecular complexity index is 870. The van der Waals surface area contributed by atoms with E-state index in [1.165, 1.54) is 42.1 Å². The molecule has 0 saturated carbocycles. The summed E-state index contributed by atoms with van der Waals surface area (Å²) in [5.41, 5.74) is 0.746. The summed E-state index contributed by atoms with van der Waals surface area (Å²) >= 11 is 1.46. The minimum atomic E-state index is -0.734. The molecule has 0 bridgehead atoms. The van der Waals surface area contributed by atoms with Crippen molar-refractivity contribution in [2.24, 2.45) is 0 Å². The lowest BCUT2D eigenvalue weighted by atomic mass is 10.1. The molecule has 2 aromatic heterocycles. The molecule has 26 heavy (non-hydrogen) atoms. The van der Waals surface area contributed by atoms with Gasteiger partial charge in [-0.1, -0.05) is 18.2 Å². The van der Waals surface area contributed by atoms with Crippen LogP contribution in [0.15, 0.2) is 60.4 Å². The molecule has 2 heterocycles. The van der Waals surface area contributed by atoms with Crippen LogP contribution in [0.3, 0.4) is 0 Å². The van der Waals surface area contributed by atoms with Crippen LogP contribution in [-0.2, 0) is 9.53 Å². The first kappa shape index (κ1) is 17.7. The number of amides is 1. The van der Waals surface area contributed by atoms with Gasteiger partial charge in [-0.3, -0.25) is 9.78 Å². The third-order valence-corrected chi connectivity index (χ3v) is 4.38. The van der Waals surface area contributed by atoms with Gasteiger partial charge in [0.05, 0.1) is 12.2 Å². The number of rotatable bonds is 6. The van der Waals surface area contributed by atoms with Gasteiger partial charge in [0.25, 0.3) is 5.91 Å². The maximum absolute atomic E-state index is 13.2. The van der Waals surface area contributed by atoms with E-state index >= 15 is 0 Å². The second-order valence-electron chi connectivity index (χ2n) is 5.23. The maximum Gasteiger partial charge on any atom is 0.359 e. The smallest absolute Gasteiger partial charge is 0.359 e. The van der Waals surface area contributed by atoms with Crippen LogP contribution in [0.4, 0.5) is 4.39 Å². The van der Waals surface area contributed by atoms with Crippen molar-refractivity contribution in [2.75, 3.05) is 6.61 Å². The summed E-state index contributed by atoms with van der Waals surface area (Å²) in [5, 5.41) is 4.68. The highest BCUT2D eigenvalue weighted by atomic mass is 32.1. The second-order valence-corrected chi connectivity index (χ2v) is 6.21. The third kappa shape index (κ3) is 4.48. The third-order valence-electron chi connectivity index (χ3n) is 3.44. The first-order valence-electron chi connectivity index (χ1n) is 7.65. The number of carbonyl (C=O) groups excluding carboxylic acids is 2. The first-order chi connectivity index (χ1) is 12.6. The number of nitrogens with zero attached hydrogens (tertiary/aromatic N) is 2. The van der Waals surface area contributed by atoms with E-state index in [4.69, 9.17) is 4.74 Å². The number of carbonyl (C=O) groups is 2. The molecular weight excluding hydrogens is 357 g/mol. The molecule has 0 aliphatic heterocycles. The lowest BCUT2D eigenvalue weighted by Gasteiger charge is -2.18. The zero-order valence-electron chi connectivity index (χ0n) is 13.5. The summed E-state index contributed by atoms with van der Waals surface area (Å²) < 4.78 is 18.1. The van der Waals surface area contributed by atoms with Crippen LogP contribution < -0.4 is 5.32 Å². The topological polar surface area (TPSA) is 81.2 Å². The molecule has 1 N–H and O–H groups in total. The number of ether oxygens (including phenoxy) is 1. The number of hydrogen-bond donors (Lipinski definition) is 1. The highest BCUT2D eigenvalue weighted by molar-refractivity contribution is 7.10. The summed E-state index contributed by atoms with van der Waals surface area (Å²) in [6, 6.07) is 9.13. The number of thiophene rings is 1. The number of hydrogen-bond acceptors (Lipinski definition) is 6. The Kier molecular flexibility index (Phi) is 5.65. The van der Waals surface area contributed by atoms with Crippen LogP contribution >= 0.6 is 11.3 Å². The van der Waals surface area contributed by atoms with E-state index < -0.39 is 24.5 Å². The molecule has 132 valence electrons. The minimum absolute atomic E-state index is 0.0219. The highest BCUT2D eigenvalue weighted by Crippen LogP contribution is 2.26. The van der Waals surface area contributed by atoms with Gasteiger partial charge in [0.15, 0.2) is 12.3 Å². The van der Waals surface area contributed by atoms with Gasteiger partial charge in [0.1, 0.15) is 5.82 Å². The monoisotopic (exact) mass is 371 g/mol. The van der Waals surface area contributed by atoms with Crippen molar-refractivity contribution in [2.45, 2.75) is 6.04 Å². The van der Waals surface area contributed by atoms with Gasteiger partial charge in [-0.2, -0.15) is 0 Å². The standard InChI is InChI=1S/C18H14FN3O3S/c19-13-5-3-12(4-6-13)17(15-2-1-9-26-15)22-16(23)11-25-18(24)14-10-20-7-8-21-14/h1-10,17H,11H2,(H,22,23)/t17-/m0/s1. The molecule has 0 aliphatic rings. The molecular formula is C18H14FN3O3S. The zero-order chi connectivity index (χ0) is 18.4. The number of nitrogens with one attached hydrogen (secondary N) is 1. The van der Waals surface area contributed by atoms with Crippen LogP contribution in [0.5, 0.6) is 0 Å². The van der Waals surface area contributed by atoms with E-state index in [-0.39, 0.29) is 11.5 Å². The van der Waals surface area contributed by atoms with Gasteiger partial charge in [0, 0.05) is 17.3 Å². The van der Waals surface area contributed by atoms with Crippen molar-refractivity contribution in [1.29, 1.82) is 0 Å². The molecule has 0 radical (unpaired) electrons. The fourth-order valence-corrected chi connectivity index (χ4v) is 3.04. The molecule has 1 amide bonds. The fraction of sp³-hybridized carbons (Fsp3) is 0.111. The summed E-state index contributed by atoms with van der Waals surface area (Å²) in [6.07, 6.45) is 4.04. The van der Waals surface area contributed by atoms with Crippen LogP contribution in [0.1, 0.15) is 27.0 Å². The van der Waals surface area contributed by atoms with Gasteiger partial charge in [-0.05, 0) is 29.1 Å². The lowest BCUT2D eigenvalue weighted by Crippen LogP contribution is -2.32. The minimum Gasteiger partial charge on any atom is -0.451 e. The van der Waals surface area contributed by atoms with E-state index in [0.29, 0.717) is 0 Å². The Balaban J connectivity index is 1.66. The van der Waals surface area contributed by atoms with Crippen LogP contribution in [0.25, 0.3) is 0 Å². The molecule has 0 fully saturated rings. The molecule has 0 spiro atoms. The van der Waals surface area contributed by atoms with Crippen molar-refractivity contribution >= 4 is 23.2 Å². The molecule has 0 aliphatic carbocycles. The number of halogens is 1. The van der Waals surface area contributed by atoms with Gasteiger partial charge in [0.2, 0.25) is 0 Å². The van der Waals surface area contributed by atoms with Gasteiger partial charge in [-0.15, -0.1) is 11.3 Å². The summed E-state index contributed by atoms with van der Waals surface area (Å²) in [6.45, 7) is -0.460. The summed E-state index contributed by atoms with van der Waals surface area (Å²) in [5.74, 6) is -1.57. The van der Waals surface area contributed by atoms with E-state index in [1.54, 1.807) is 12.1 Å². The molecule has 3 rings (SSSR count). The van der Waals surface area contributed by atoms with E-state index in [1.807, 2.05) is 17.5 Å². The van der Waals surface area contributed by atoms with Crippen LogP contribution in [0, 0.1) is 5.82 Å². The number of benzene rings is 1. The van der Waals surface area contributed by atoms with Crippen molar-refractivity contribution in [3.8, 4) is 0 Å². The summed E-state index contributed by atoms with van der Waals surface area (Å²) in [7, 11) is 0. The summed E-state index contributed by atoms with van der Waals surface area (Å²) in [4.78, 5) is 32.5. The van der Waals surface area contributed by atoms with Crippen molar-refractivity contribution in [3.05, 3.63) is 82.3 Å². The maximum atomic E-state index is 13.2. The molecule has 1 aromatic carbocycles. The molecule has 1 atom stereocenters. The van der Waals surface area contributed by atoms with E-state index in [9.17, 15) is 14.0 Å². The predicted octanol–water partition coefficient (Wildman–Crippen LogP) is 2.74. The second kappa shape index (κ2) is 8.30. The largest absolute Gasteiger partial charge is 0.451 e. The SMILES string of the molecule is O=C(COC(=O)c1cnccn1)N[C@@H](c1ccc(F)cc1)c1cccs1. The van der Waals surface area contributed by atoms with Gasteiger partial charge in [-0.25, -0.2) is 14.2 Å². The van der Waals surface area contributed by atoms with Crippen LogP contribution in [-0.4, -0.2) is 28.5 Å². The Hall–Kier alpha value is -3.13. The van der Waals surface area contributed by atoms with Gasteiger partial charge >= 0.3 is 5.97 Å². The lowest BCUT2D eigenvalue weighted by molar-refractivity contribution is -0.124. The van der Waals surface area contributed by atoms with Crippen molar-refractivity contribution in [3.63, 3.8) is 0 Å². The van der Waals surface area contributed by atoms with Gasteiger partial charge < -0.3 is 10.1 Å². The fourth-order valence-electron chi connectivity index (χ4n) is 2.24. The van der Waals surface area contributed by atoms with E-state index in [2.05, 4.69) is 15.3 Å². The predicted molar refractivity (Wildman–Crippen MR) is 93.0 cm³/mol. The molecule has 8 heteroatoms. The van der Waals surface area contributed by atoms with Crippen LogP contribution in [0.2, 0.25) is 0 Å². The average Bonchev–Trinajstić information content (AvgIpc) is 3.20. The molecule has 6 nitrogen and oxygen atoms in total. The average molecular weight is 371 g/mol. The Morgan fingerprint density at radius 2 is 2.00 bits per heavy atom. The van der Waals surface area contributed by atoms with Crippen molar-refractivity contribution in [1.82, 2.24) is 15.3 Å². The van der Waals surface area contributed by atoms with E-state index in [0.717, 1.165) is 10.4 Å². The Morgan fingerprint density at radius 1 is 1.19 bits per heavy atom. The normalized spacial score (nSPS) is 11.6. The molecule has 0 unspecified atom stereocenters. The number of esters is 1.